The second kappa shape index (κ2) is 4.53. The molecule has 2 aromatic rings. The summed E-state index contributed by atoms with van der Waals surface area (Å²) in [5, 5.41) is 0. The summed E-state index contributed by atoms with van der Waals surface area (Å²) < 4.78 is 1.89. The van der Waals surface area contributed by atoms with Gasteiger partial charge in [0.15, 0.2) is 11.6 Å². The predicted molar refractivity (Wildman–Crippen MR) is 68.1 cm³/mol. The molecule has 17 heavy (non-hydrogen) atoms. The summed E-state index contributed by atoms with van der Waals surface area (Å²) >= 11 is 0. The minimum absolute atomic E-state index is 0.00483. The van der Waals surface area contributed by atoms with Gasteiger partial charge in [-0.1, -0.05) is 29.8 Å². The zero-order valence-electron chi connectivity index (χ0n) is 10.4. The number of benzene rings is 1. The molecule has 3 nitrogen and oxygen atoms in total. The van der Waals surface area contributed by atoms with Gasteiger partial charge in [-0.3, -0.25) is 4.79 Å². The fourth-order valence-electron chi connectivity index (χ4n) is 1.80. The van der Waals surface area contributed by atoms with Crippen LogP contribution < -0.4 is 0 Å². The van der Waals surface area contributed by atoms with Crippen LogP contribution in [0.25, 0.3) is 11.3 Å². The van der Waals surface area contributed by atoms with Gasteiger partial charge in [-0.25, -0.2) is 4.98 Å². The second-order valence-electron chi connectivity index (χ2n) is 4.16. The normalized spacial score (nSPS) is 10.5. The van der Waals surface area contributed by atoms with Crippen molar-refractivity contribution in [3.05, 3.63) is 41.9 Å². The summed E-state index contributed by atoms with van der Waals surface area (Å²) in [5.74, 6) is 0.535. The van der Waals surface area contributed by atoms with Crippen LogP contribution in [0.15, 0.2) is 30.5 Å². The van der Waals surface area contributed by atoms with Crippen LogP contribution in [0.5, 0.6) is 0 Å². The molecule has 0 fully saturated rings. The third-order valence-corrected chi connectivity index (χ3v) is 2.78. The van der Waals surface area contributed by atoms with Crippen LogP contribution in [0.4, 0.5) is 0 Å². The molecular formula is C14H16N2O. The molecule has 0 aliphatic carbocycles. The number of nitrogens with zero attached hydrogens (tertiary/aromatic N) is 2. The van der Waals surface area contributed by atoms with Crippen molar-refractivity contribution in [2.45, 2.75) is 27.3 Å². The highest BCUT2D eigenvalue weighted by Crippen LogP contribution is 2.19. The number of imidazole rings is 1. The fraction of sp³-hybridized carbons (Fsp3) is 0.286. The van der Waals surface area contributed by atoms with Crippen molar-refractivity contribution in [1.29, 1.82) is 0 Å². The molecule has 0 radical (unpaired) electrons. The molecule has 0 N–H and O–H groups in total. The Bertz CT molecular complexity index is 538. The molecular weight excluding hydrogens is 212 g/mol. The SMILES string of the molecule is CCn1cc(-c2ccc(C)cc2)nc1C(C)=O. The summed E-state index contributed by atoms with van der Waals surface area (Å²) in [7, 11) is 0. The average molecular weight is 228 g/mol. The van der Waals surface area contributed by atoms with Crippen molar-refractivity contribution in [3.63, 3.8) is 0 Å². The summed E-state index contributed by atoms with van der Waals surface area (Å²) in [5.41, 5.74) is 3.12. The number of aromatic nitrogens is 2. The zero-order valence-corrected chi connectivity index (χ0v) is 10.4. The Hall–Kier alpha value is -1.90. The summed E-state index contributed by atoms with van der Waals surface area (Å²) in [6.45, 7) is 6.36. The first-order chi connectivity index (χ1) is 8.11. The van der Waals surface area contributed by atoms with Crippen LogP contribution in [0, 0.1) is 6.92 Å². The third-order valence-electron chi connectivity index (χ3n) is 2.78. The summed E-state index contributed by atoms with van der Waals surface area (Å²) in [6.07, 6.45) is 1.93. The molecule has 0 saturated carbocycles. The van der Waals surface area contributed by atoms with Gasteiger partial charge in [-0.05, 0) is 13.8 Å². The lowest BCUT2D eigenvalue weighted by Gasteiger charge is -1.98. The smallest absolute Gasteiger partial charge is 0.195 e. The molecule has 0 unspecified atom stereocenters. The monoisotopic (exact) mass is 228 g/mol. The van der Waals surface area contributed by atoms with E-state index in [1.54, 1.807) is 6.92 Å². The number of Topliss-reactive ketones (excluding diaryl/α,β-unsaturated/α-hetero) is 1. The molecule has 2 rings (SSSR count). The van der Waals surface area contributed by atoms with E-state index < -0.39 is 0 Å². The van der Waals surface area contributed by atoms with Crippen molar-refractivity contribution >= 4 is 5.78 Å². The number of aryl methyl sites for hydroxylation is 2. The van der Waals surface area contributed by atoms with Crippen LogP contribution >= 0.6 is 0 Å². The zero-order chi connectivity index (χ0) is 12.4. The minimum atomic E-state index is 0.00483. The molecule has 0 aliphatic heterocycles. The number of hydrogen-bond donors (Lipinski definition) is 0. The van der Waals surface area contributed by atoms with Gasteiger partial charge < -0.3 is 4.57 Å². The van der Waals surface area contributed by atoms with Gasteiger partial charge >= 0.3 is 0 Å². The minimum Gasteiger partial charge on any atom is -0.328 e. The quantitative estimate of drug-likeness (QED) is 0.757. The van der Waals surface area contributed by atoms with Gasteiger partial charge in [0.25, 0.3) is 0 Å². The lowest BCUT2D eigenvalue weighted by atomic mass is 10.1. The molecule has 88 valence electrons. The van der Waals surface area contributed by atoms with E-state index >= 15 is 0 Å². The third kappa shape index (κ3) is 2.28. The van der Waals surface area contributed by atoms with Crippen LogP contribution in [0.3, 0.4) is 0 Å². The summed E-state index contributed by atoms with van der Waals surface area (Å²) in [6, 6.07) is 8.16. The van der Waals surface area contributed by atoms with Crippen molar-refractivity contribution in [2.75, 3.05) is 0 Å². The molecule has 1 aromatic carbocycles. The summed E-state index contributed by atoms with van der Waals surface area (Å²) in [4.78, 5) is 15.8. The number of carbonyl (C=O) groups is 1. The second-order valence-corrected chi connectivity index (χ2v) is 4.16. The average Bonchev–Trinajstić information content (AvgIpc) is 2.74. The molecule has 0 aliphatic rings. The molecule has 0 amide bonds. The van der Waals surface area contributed by atoms with Gasteiger partial charge in [-0.2, -0.15) is 0 Å². The van der Waals surface area contributed by atoms with E-state index in [9.17, 15) is 4.79 Å². The van der Waals surface area contributed by atoms with E-state index in [1.807, 2.05) is 42.0 Å². The van der Waals surface area contributed by atoms with E-state index in [0.717, 1.165) is 17.8 Å². The Kier molecular flexibility index (Phi) is 3.09. The van der Waals surface area contributed by atoms with E-state index in [-0.39, 0.29) is 5.78 Å². The van der Waals surface area contributed by atoms with Gasteiger partial charge in [-0.15, -0.1) is 0 Å². The molecule has 0 bridgehead atoms. The Balaban J connectivity index is 2.46. The maximum absolute atomic E-state index is 11.4. The maximum Gasteiger partial charge on any atom is 0.195 e. The Morgan fingerprint density at radius 1 is 1.29 bits per heavy atom. The number of rotatable bonds is 3. The van der Waals surface area contributed by atoms with Gasteiger partial charge in [0.1, 0.15) is 0 Å². The van der Waals surface area contributed by atoms with E-state index in [2.05, 4.69) is 11.9 Å². The molecule has 0 saturated heterocycles. The molecule has 1 heterocycles. The van der Waals surface area contributed by atoms with Crippen LogP contribution in [-0.4, -0.2) is 15.3 Å². The Labute approximate surface area is 101 Å². The highest BCUT2D eigenvalue weighted by Gasteiger charge is 2.11. The Morgan fingerprint density at radius 2 is 1.94 bits per heavy atom. The Morgan fingerprint density at radius 3 is 2.41 bits per heavy atom. The largest absolute Gasteiger partial charge is 0.328 e. The lowest BCUT2D eigenvalue weighted by molar-refractivity contribution is 0.0999. The van der Waals surface area contributed by atoms with Crippen molar-refractivity contribution in [2.24, 2.45) is 0 Å². The fourth-order valence-corrected chi connectivity index (χ4v) is 1.80. The van der Waals surface area contributed by atoms with Gasteiger partial charge in [0, 0.05) is 25.2 Å². The van der Waals surface area contributed by atoms with Crippen LogP contribution in [0.1, 0.15) is 30.0 Å². The molecule has 0 atom stereocenters. The van der Waals surface area contributed by atoms with E-state index in [0.29, 0.717) is 5.82 Å². The first kappa shape index (κ1) is 11.6. The first-order valence-electron chi connectivity index (χ1n) is 5.77. The lowest BCUT2D eigenvalue weighted by Crippen LogP contribution is -2.05. The van der Waals surface area contributed by atoms with Crippen molar-refractivity contribution < 1.29 is 4.79 Å². The van der Waals surface area contributed by atoms with E-state index in [1.165, 1.54) is 5.56 Å². The molecule has 0 spiro atoms. The first-order valence-corrected chi connectivity index (χ1v) is 5.77. The standard InChI is InChI=1S/C14H16N2O/c1-4-16-9-13(15-14(16)11(3)17)12-7-5-10(2)6-8-12/h5-9H,4H2,1-3H3. The highest BCUT2D eigenvalue weighted by molar-refractivity contribution is 5.91. The number of ketones is 1. The van der Waals surface area contributed by atoms with Gasteiger partial charge in [0.05, 0.1) is 5.69 Å². The number of carbonyl (C=O) groups excluding carboxylic acids is 1. The highest BCUT2D eigenvalue weighted by atomic mass is 16.1. The predicted octanol–water partition coefficient (Wildman–Crippen LogP) is 3.08. The van der Waals surface area contributed by atoms with E-state index in [4.69, 9.17) is 0 Å². The van der Waals surface area contributed by atoms with Crippen LogP contribution in [-0.2, 0) is 6.54 Å². The molecule has 1 aromatic heterocycles. The number of hydrogen-bond acceptors (Lipinski definition) is 2. The van der Waals surface area contributed by atoms with Gasteiger partial charge in [0.2, 0.25) is 0 Å². The van der Waals surface area contributed by atoms with Crippen molar-refractivity contribution in [3.8, 4) is 11.3 Å². The topological polar surface area (TPSA) is 34.9 Å². The maximum atomic E-state index is 11.4. The van der Waals surface area contributed by atoms with Crippen LogP contribution in [0.2, 0.25) is 0 Å². The van der Waals surface area contributed by atoms with Crippen molar-refractivity contribution in [1.82, 2.24) is 9.55 Å². The molecule has 3 heteroatoms.